The maximum absolute atomic E-state index is 6.17. The largest absolute Gasteiger partial charge is 0.492 e. The fourth-order valence-corrected chi connectivity index (χ4v) is 2.25. The molecule has 0 saturated carbocycles. The molecule has 0 radical (unpaired) electrons. The fraction of sp³-hybridized carbons (Fsp3) is 0.400. The lowest BCUT2D eigenvalue weighted by Crippen LogP contribution is -2.08. The Hall–Kier alpha value is -1.68. The first-order valence-corrected chi connectivity index (χ1v) is 7.16. The van der Waals surface area contributed by atoms with Crippen molar-refractivity contribution in [2.24, 2.45) is 0 Å². The number of hydrogen-bond donors (Lipinski definition) is 1. The monoisotopic (exact) mass is 293 g/mol. The summed E-state index contributed by atoms with van der Waals surface area (Å²) in [5.41, 5.74) is 2.11. The second-order valence-electron chi connectivity index (χ2n) is 4.82. The van der Waals surface area contributed by atoms with Crippen LogP contribution in [-0.4, -0.2) is 16.2 Å². The molecule has 0 saturated heterocycles. The molecule has 5 heteroatoms. The maximum atomic E-state index is 6.17. The van der Waals surface area contributed by atoms with Gasteiger partial charge in [0.05, 0.1) is 30.2 Å². The number of benzene rings is 1. The SMILES string of the molecule is CCOc1ccc(NCc2cncn2C(C)C)cc1Cl. The molecule has 1 aromatic heterocycles. The molecule has 2 aromatic rings. The summed E-state index contributed by atoms with van der Waals surface area (Å²) in [6.45, 7) is 7.54. The third-order valence-electron chi connectivity index (χ3n) is 3.01. The van der Waals surface area contributed by atoms with Gasteiger partial charge in [0.2, 0.25) is 0 Å². The van der Waals surface area contributed by atoms with Crippen molar-refractivity contribution in [1.29, 1.82) is 0 Å². The molecule has 0 aliphatic rings. The Balaban J connectivity index is 2.04. The first-order chi connectivity index (χ1) is 9.61. The molecule has 1 heterocycles. The number of nitrogens with zero attached hydrogens (tertiary/aromatic N) is 2. The van der Waals surface area contributed by atoms with E-state index in [2.05, 4.69) is 28.7 Å². The molecule has 4 nitrogen and oxygen atoms in total. The van der Waals surface area contributed by atoms with E-state index in [0.717, 1.165) is 11.4 Å². The molecule has 2 rings (SSSR count). The molecular weight excluding hydrogens is 274 g/mol. The topological polar surface area (TPSA) is 39.1 Å². The number of aromatic nitrogens is 2. The summed E-state index contributed by atoms with van der Waals surface area (Å²) in [7, 11) is 0. The van der Waals surface area contributed by atoms with Crippen molar-refractivity contribution < 1.29 is 4.74 Å². The summed E-state index contributed by atoms with van der Waals surface area (Å²) in [5, 5.41) is 3.97. The van der Waals surface area contributed by atoms with Gasteiger partial charge in [0.1, 0.15) is 5.75 Å². The van der Waals surface area contributed by atoms with E-state index in [0.29, 0.717) is 30.0 Å². The van der Waals surface area contributed by atoms with Gasteiger partial charge in [-0.1, -0.05) is 11.6 Å². The molecule has 0 bridgehead atoms. The minimum absolute atomic E-state index is 0.401. The zero-order chi connectivity index (χ0) is 14.5. The van der Waals surface area contributed by atoms with Crippen LogP contribution in [0.1, 0.15) is 32.5 Å². The van der Waals surface area contributed by atoms with Crippen molar-refractivity contribution in [3.63, 3.8) is 0 Å². The fourth-order valence-electron chi connectivity index (χ4n) is 2.01. The number of nitrogens with one attached hydrogen (secondary N) is 1. The van der Waals surface area contributed by atoms with E-state index < -0.39 is 0 Å². The average Bonchev–Trinajstić information content (AvgIpc) is 2.88. The first-order valence-electron chi connectivity index (χ1n) is 6.78. The number of anilines is 1. The second-order valence-corrected chi connectivity index (χ2v) is 5.22. The summed E-state index contributed by atoms with van der Waals surface area (Å²) < 4.78 is 7.56. The Morgan fingerprint density at radius 1 is 1.40 bits per heavy atom. The van der Waals surface area contributed by atoms with Gasteiger partial charge < -0.3 is 14.6 Å². The van der Waals surface area contributed by atoms with E-state index in [1.807, 2.05) is 37.6 Å². The smallest absolute Gasteiger partial charge is 0.138 e. The predicted octanol–water partition coefficient (Wildman–Crippen LogP) is 4.13. The van der Waals surface area contributed by atoms with Gasteiger partial charge in [0.15, 0.2) is 0 Å². The van der Waals surface area contributed by atoms with Crippen molar-refractivity contribution in [3.8, 4) is 5.75 Å². The van der Waals surface area contributed by atoms with Crippen molar-refractivity contribution in [3.05, 3.63) is 41.4 Å². The summed E-state index contributed by atoms with van der Waals surface area (Å²) >= 11 is 6.17. The normalized spacial score (nSPS) is 10.8. The Morgan fingerprint density at radius 3 is 2.85 bits per heavy atom. The molecule has 0 fully saturated rings. The zero-order valence-corrected chi connectivity index (χ0v) is 12.8. The molecular formula is C15H20ClN3O. The van der Waals surface area contributed by atoms with E-state index in [-0.39, 0.29) is 0 Å². The van der Waals surface area contributed by atoms with Gasteiger partial charge in [-0.05, 0) is 39.0 Å². The van der Waals surface area contributed by atoms with E-state index in [1.54, 1.807) is 0 Å². The summed E-state index contributed by atoms with van der Waals surface area (Å²) in [6.07, 6.45) is 3.73. The van der Waals surface area contributed by atoms with Crippen LogP contribution in [0.4, 0.5) is 5.69 Å². The minimum atomic E-state index is 0.401. The second kappa shape index (κ2) is 6.66. The first kappa shape index (κ1) is 14.7. The lowest BCUT2D eigenvalue weighted by atomic mass is 10.3. The van der Waals surface area contributed by atoms with Crippen LogP contribution in [0, 0.1) is 0 Å². The highest BCUT2D eigenvalue weighted by Gasteiger charge is 2.06. The van der Waals surface area contributed by atoms with Gasteiger partial charge in [-0.15, -0.1) is 0 Å². The van der Waals surface area contributed by atoms with Crippen molar-refractivity contribution >= 4 is 17.3 Å². The van der Waals surface area contributed by atoms with Gasteiger partial charge in [0, 0.05) is 17.9 Å². The minimum Gasteiger partial charge on any atom is -0.492 e. The zero-order valence-electron chi connectivity index (χ0n) is 12.1. The number of ether oxygens (including phenoxy) is 1. The molecule has 20 heavy (non-hydrogen) atoms. The highest BCUT2D eigenvalue weighted by atomic mass is 35.5. The Kier molecular flexibility index (Phi) is 4.90. The predicted molar refractivity (Wildman–Crippen MR) is 82.6 cm³/mol. The Morgan fingerprint density at radius 2 is 2.20 bits per heavy atom. The molecule has 0 aliphatic carbocycles. The number of rotatable bonds is 6. The molecule has 0 spiro atoms. The quantitative estimate of drug-likeness (QED) is 0.870. The molecule has 1 aromatic carbocycles. The molecule has 0 unspecified atom stereocenters. The van der Waals surface area contributed by atoms with E-state index >= 15 is 0 Å². The van der Waals surface area contributed by atoms with Crippen LogP contribution in [0.25, 0.3) is 0 Å². The third-order valence-corrected chi connectivity index (χ3v) is 3.30. The van der Waals surface area contributed by atoms with Crippen LogP contribution in [0.15, 0.2) is 30.7 Å². The number of halogens is 1. The van der Waals surface area contributed by atoms with Gasteiger partial charge in [-0.2, -0.15) is 0 Å². The highest BCUT2D eigenvalue weighted by Crippen LogP contribution is 2.27. The van der Waals surface area contributed by atoms with Crippen LogP contribution in [0.3, 0.4) is 0 Å². The van der Waals surface area contributed by atoms with Crippen LogP contribution in [-0.2, 0) is 6.54 Å². The van der Waals surface area contributed by atoms with Crippen LogP contribution < -0.4 is 10.1 Å². The Labute approximate surface area is 124 Å². The lowest BCUT2D eigenvalue weighted by molar-refractivity contribution is 0.340. The lowest BCUT2D eigenvalue weighted by Gasteiger charge is -2.13. The Bertz CT molecular complexity index is 566. The molecule has 108 valence electrons. The molecule has 0 amide bonds. The van der Waals surface area contributed by atoms with Crippen molar-refractivity contribution in [2.75, 3.05) is 11.9 Å². The van der Waals surface area contributed by atoms with Gasteiger partial charge in [-0.3, -0.25) is 0 Å². The number of imidazole rings is 1. The van der Waals surface area contributed by atoms with Crippen LogP contribution >= 0.6 is 11.6 Å². The van der Waals surface area contributed by atoms with Crippen molar-refractivity contribution in [1.82, 2.24) is 9.55 Å². The van der Waals surface area contributed by atoms with Gasteiger partial charge >= 0.3 is 0 Å². The van der Waals surface area contributed by atoms with E-state index in [9.17, 15) is 0 Å². The average molecular weight is 294 g/mol. The summed E-state index contributed by atoms with van der Waals surface area (Å²) in [6, 6.07) is 6.13. The van der Waals surface area contributed by atoms with Crippen LogP contribution in [0.5, 0.6) is 5.75 Å². The van der Waals surface area contributed by atoms with Crippen molar-refractivity contribution in [2.45, 2.75) is 33.4 Å². The van der Waals surface area contributed by atoms with Gasteiger partial charge in [0.25, 0.3) is 0 Å². The summed E-state index contributed by atoms with van der Waals surface area (Å²) in [5.74, 6) is 0.715. The summed E-state index contributed by atoms with van der Waals surface area (Å²) in [4.78, 5) is 4.19. The molecule has 0 aliphatic heterocycles. The van der Waals surface area contributed by atoms with Crippen LogP contribution in [0.2, 0.25) is 5.02 Å². The van der Waals surface area contributed by atoms with E-state index in [1.165, 1.54) is 0 Å². The molecule has 1 N–H and O–H groups in total. The number of hydrogen-bond acceptors (Lipinski definition) is 3. The third kappa shape index (κ3) is 3.45. The van der Waals surface area contributed by atoms with Gasteiger partial charge in [-0.25, -0.2) is 4.98 Å². The highest BCUT2D eigenvalue weighted by molar-refractivity contribution is 6.32. The standard InChI is InChI=1S/C15H20ClN3O/c1-4-20-15-6-5-12(7-14(15)16)18-9-13-8-17-10-19(13)11(2)3/h5-8,10-11,18H,4,9H2,1-3H3. The molecule has 0 atom stereocenters. The van der Waals surface area contributed by atoms with E-state index in [4.69, 9.17) is 16.3 Å². The maximum Gasteiger partial charge on any atom is 0.138 e.